The number of likely N-dealkylation sites (tertiary alicyclic amines) is 1. The first kappa shape index (κ1) is 30.1. The molecule has 0 bridgehead atoms. The highest BCUT2D eigenvalue weighted by Gasteiger charge is 2.56. The number of nitrogens with zero attached hydrogens (tertiary/aromatic N) is 3. The van der Waals surface area contributed by atoms with Crippen LogP contribution in [0.5, 0.6) is 0 Å². The predicted molar refractivity (Wildman–Crippen MR) is 159 cm³/mol. The van der Waals surface area contributed by atoms with Crippen LogP contribution in [0.15, 0.2) is 54.6 Å². The van der Waals surface area contributed by atoms with Crippen LogP contribution in [0.1, 0.15) is 57.1 Å². The van der Waals surface area contributed by atoms with Gasteiger partial charge >= 0.3 is 6.09 Å². The first-order valence-electron chi connectivity index (χ1n) is 15.0. The fourth-order valence-electron chi connectivity index (χ4n) is 6.26. The largest absolute Gasteiger partial charge is 0.445 e. The number of amides is 4. The zero-order valence-electron chi connectivity index (χ0n) is 24.9. The molecule has 5 rings (SSSR count). The van der Waals surface area contributed by atoms with Crippen LogP contribution >= 0.6 is 0 Å². The van der Waals surface area contributed by atoms with E-state index < -0.39 is 29.6 Å². The van der Waals surface area contributed by atoms with Gasteiger partial charge in [-0.25, -0.2) is 4.79 Å². The van der Waals surface area contributed by atoms with Crippen molar-refractivity contribution in [2.75, 3.05) is 18.9 Å². The number of likely N-dealkylation sites (N-methyl/N-ethyl adjacent to an activating group) is 1. The van der Waals surface area contributed by atoms with Crippen LogP contribution in [-0.4, -0.2) is 65.3 Å². The molecule has 2 heterocycles. The molecule has 226 valence electrons. The molecule has 2 N–H and O–H groups in total. The number of carbonyl (C=O) groups is 4. The standard InChI is InChI=1S/C33H39N5O5/c1-21(2)15-28(30(40)38-20-33(17-24(38)18-34)25-11-7-8-12-26(25)35-31(33)41)37(3)29(39)27(16-22-13-14-22)36-32(42)43-19-23-9-5-4-6-10-23/h4-12,21-22,24,27-28H,13-17,19-20H2,1-3H3,(H,35,41)(H,36,42)/t24-,27-,28-,33-/m0/s1. The van der Waals surface area contributed by atoms with Gasteiger partial charge in [0.25, 0.3) is 0 Å². The zero-order chi connectivity index (χ0) is 30.7. The maximum absolute atomic E-state index is 14.2. The highest BCUT2D eigenvalue weighted by Crippen LogP contribution is 2.46. The molecule has 4 atom stereocenters. The molecule has 3 aliphatic rings. The molecule has 0 radical (unpaired) electrons. The number of hydrogen-bond donors (Lipinski definition) is 2. The fraction of sp³-hybridized carbons (Fsp3) is 0.485. The van der Waals surface area contributed by atoms with Crippen LogP contribution in [0, 0.1) is 23.2 Å². The number of benzene rings is 2. The Morgan fingerprint density at radius 3 is 2.51 bits per heavy atom. The van der Waals surface area contributed by atoms with Gasteiger partial charge in [0.2, 0.25) is 17.7 Å². The molecular weight excluding hydrogens is 546 g/mol. The quantitative estimate of drug-likeness (QED) is 0.434. The minimum absolute atomic E-state index is 0.0547. The van der Waals surface area contributed by atoms with Crippen molar-refractivity contribution in [2.24, 2.45) is 11.8 Å². The first-order valence-corrected chi connectivity index (χ1v) is 15.0. The normalized spacial score (nSPS) is 22.0. The van der Waals surface area contributed by atoms with Crippen LogP contribution in [0.4, 0.5) is 10.5 Å². The Labute approximate surface area is 252 Å². The van der Waals surface area contributed by atoms with Crippen molar-refractivity contribution in [3.8, 4) is 6.07 Å². The molecule has 10 heteroatoms. The Balaban J connectivity index is 1.34. The third-order valence-electron chi connectivity index (χ3n) is 8.78. The lowest BCUT2D eigenvalue weighted by molar-refractivity contribution is -0.146. The Bertz CT molecular complexity index is 1420. The van der Waals surface area contributed by atoms with Gasteiger partial charge in [0.15, 0.2) is 0 Å². The van der Waals surface area contributed by atoms with Crippen molar-refractivity contribution >= 4 is 29.5 Å². The van der Waals surface area contributed by atoms with Crippen LogP contribution in [-0.2, 0) is 31.1 Å². The maximum Gasteiger partial charge on any atom is 0.408 e. The average molecular weight is 586 g/mol. The zero-order valence-corrected chi connectivity index (χ0v) is 24.9. The van der Waals surface area contributed by atoms with E-state index in [-0.39, 0.29) is 43.2 Å². The molecule has 0 unspecified atom stereocenters. The molecule has 1 saturated heterocycles. The summed E-state index contributed by atoms with van der Waals surface area (Å²) in [7, 11) is 1.58. The molecule has 0 aromatic heterocycles. The van der Waals surface area contributed by atoms with Crippen molar-refractivity contribution in [2.45, 2.75) is 76.1 Å². The molecular formula is C33H39N5O5. The molecule has 2 aromatic rings. The first-order chi connectivity index (χ1) is 20.6. The number of alkyl carbamates (subject to hydrolysis) is 1. The number of hydrogen-bond acceptors (Lipinski definition) is 6. The highest BCUT2D eigenvalue weighted by molar-refractivity contribution is 6.07. The summed E-state index contributed by atoms with van der Waals surface area (Å²) in [5.41, 5.74) is 1.29. The van der Waals surface area contributed by atoms with E-state index in [1.807, 2.05) is 68.4 Å². The van der Waals surface area contributed by atoms with Crippen molar-refractivity contribution in [1.82, 2.24) is 15.1 Å². The van der Waals surface area contributed by atoms with Gasteiger partial charge in [-0.1, -0.05) is 75.2 Å². The van der Waals surface area contributed by atoms with Gasteiger partial charge in [-0.3, -0.25) is 14.4 Å². The second-order valence-electron chi connectivity index (χ2n) is 12.4. The lowest BCUT2D eigenvalue weighted by atomic mass is 9.80. The van der Waals surface area contributed by atoms with Gasteiger partial charge in [-0.15, -0.1) is 0 Å². The van der Waals surface area contributed by atoms with Gasteiger partial charge in [-0.05, 0) is 41.9 Å². The number of anilines is 1. The van der Waals surface area contributed by atoms with Crippen LogP contribution in [0.2, 0.25) is 0 Å². The lowest BCUT2D eigenvalue weighted by Gasteiger charge is -2.35. The molecule has 1 saturated carbocycles. The van der Waals surface area contributed by atoms with E-state index in [1.165, 1.54) is 9.80 Å². The number of ether oxygens (including phenoxy) is 1. The minimum atomic E-state index is -1.02. The summed E-state index contributed by atoms with van der Waals surface area (Å²) >= 11 is 0. The summed E-state index contributed by atoms with van der Waals surface area (Å²) in [6.07, 6.45) is 2.26. The number of nitriles is 1. The minimum Gasteiger partial charge on any atom is -0.445 e. The van der Waals surface area contributed by atoms with Crippen molar-refractivity contribution in [3.05, 3.63) is 65.7 Å². The van der Waals surface area contributed by atoms with E-state index in [9.17, 15) is 24.4 Å². The summed E-state index contributed by atoms with van der Waals surface area (Å²) < 4.78 is 5.40. The second kappa shape index (κ2) is 12.5. The van der Waals surface area contributed by atoms with Gasteiger partial charge in [0, 0.05) is 25.7 Å². The highest BCUT2D eigenvalue weighted by atomic mass is 16.5. The predicted octanol–water partition coefficient (Wildman–Crippen LogP) is 3.97. The van der Waals surface area contributed by atoms with Crippen LogP contribution < -0.4 is 10.6 Å². The smallest absolute Gasteiger partial charge is 0.408 e. The molecule has 1 aliphatic carbocycles. The maximum atomic E-state index is 14.2. The van der Waals surface area contributed by atoms with E-state index in [0.717, 1.165) is 24.0 Å². The van der Waals surface area contributed by atoms with Crippen LogP contribution in [0.25, 0.3) is 0 Å². The Morgan fingerprint density at radius 2 is 1.84 bits per heavy atom. The summed E-state index contributed by atoms with van der Waals surface area (Å²) in [4.78, 5) is 57.0. The number of rotatable bonds is 10. The molecule has 2 fully saturated rings. The van der Waals surface area contributed by atoms with E-state index in [4.69, 9.17) is 4.74 Å². The molecule has 2 aliphatic heterocycles. The van der Waals surface area contributed by atoms with E-state index in [0.29, 0.717) is 24.4 Å². The average Bonchev–Trinajstić information content (AvgIpc) is 3.67. The summed E-state index contributed by atoms with van der Waals surface area (Å²) in [6, 6.07) is 16.3. The SMILES string of the molecule is CC(C)C[C@@H](C(=O)N1C[C@]2(C[C@H]1C#N)C(=O)Nc1ccccc12)N(C)C(=O)[C@H](CC1CC1)NC(=O)OCc1ccccc1. The molecule has 10 nitrogen and oxygen atoms in total. The number of para-hydroxylation sites is 1. The second-order valence-corrected chi connectivity index (χ2v) is 12.4. The van der Waals surface area contributed by atoms with Gasteiger partial charge in [0.05, 0.1) is 11.5 Å². The molecule has 4 amide bonds. The van der Waals surface area contributed by atoms with E-state index in [1.54, 1.807) is 7.05 Å². The molecule has 43 heavy (non-hydrogen) atoms. The molecule has 2 aromatic carbocycles. The van der Waals surface area contributed by atoms with Crippen molar-refractivity contribution < 1.29 is 23.9 Å². The fourth-order valence-corrected chi connectivity index (χ4v) is 6.26. The number of fused-ring (bicyclic) bond motifs is 2. The molecule has 1 spiro atoms. The van der Waals surface area contributed by atoms with Crippen molar-refractivity contribution in [1.29, 1.82) is 5.26 Å². The Morgan fingerprint density at radius 1 is 1.14 bits per heavy atom. The van der Waals surface area contributed by atoms with Crippen LogP contribution in [0.3, 0.4) is 0 Å². The van der Waals surface area contributed by atoms with E-state index in [2.05, 4.69) is 16.7 Å². The third-order valence-corrected chi connectivity index (χ3v) is 8.78. The Kier molecular flexibility index (Phi) is 8.71. The lowest BCUT2D eigenvalue weighted by Crippen LogP contribution is -2.56. The third kappa shape index (κ3) is 6.36. The van der Waals surface area contributed by atoms with E-state index >= 15 is 0 Å². The van der Waals surface area contributed by atoms with Crippen molar-refractivity contribution in [3.63, 3.8) is 0 Å². The Hall–Kier alpha value is -4.39. The summed E-state index contributed by atoms with van der Waals surface area (Å²) in [5, 5.41) is 15.7. The van der Waals surface area contributed by atoms with Gasteiger partial charge < -0.3 is 25.2 Å². The summed E-state index contributed by atoms with van der Waals surface area (Å²) in [6.45, 7) is 4.06. The topological polar surface area (TPSA) is 132 Å². The number of carbonyl (C=O) groups excluding carboxylic acids is 4. The summed E-state index contributed by atoms with van der Waals surface area (Å²) in [5.74, 6) is -0.603. The van der Waals surface area contributed by atoms with Gasteiger partial charge in [0.1, 0.15) is 24.7 Å². The monoisotopic (exact) mass is 585 g/mol. The van der Waals surface area contributed by atoms with Gasteiger partial charge in [-0.2, -0.15) is 5.26 Å². The number of nitrogens with one attached hydrogen (secondary N) is 2.